The highest BCUT2D eigenvalue weighted by Gasteiger charge is 2.26. The van der Waals surface area contributed by atoms with Crippen LogP contribution in [0.5, 0.6) is 23.0 Å². The molecule has 0 spiro atoms. The van der Waals surface area contributed by atoms with E-state index >= 15 is 0 Å². The highest BCUT2D eigenvalue weighted by atomic mass is 32.2. The summed E-state index contributed by atoms with van der Waals surface area (Å²) in [5, 5.41) is 1.76. The molecule has 0 saturated carbocycles. The van der Waals surface area contributed by atoms with E-state index in [9.17, 15) is 4.21 Å². The fourth-order valence-electron chi connectivity index (χ4n) is 4.33. The molecular formula is C32H22O3S. The van der Waals surface area contributed by atoms with Gasteiger partial charge < -0.3 is 9.47 Å². The van der Waals surface area contributed by atoms with Crippen LogP contribution in [0.3, 0.4) is 0 Å². The number of rotatable bonds is 6. The fourth-order valence-corrected chi connectivity index (χ4v) is 5.97. The van der Waals surface area contributed by atoms with E-state index in [4.69, 9.17) is 9.47 Å². The van der Waals surface area contributed by atoms with Crippen LogP contribution in [0.2, 0.25) is 0 Å². The van der Waals surface area contributed by atoms with E-state index in [2.05, 4.69) is 0 Å². The summed E-state index contributed by atoms with van der Waals surface area (Å²) in [5.41, 5.74) is 1.84. The van der Waals surface area contributed by atoms with Crippen molar-refractivity contribution in [2.45, 2.75) is 0 Å². The van der Waals surface area contributed by atoms with Gasteiger partial charge in [-0.25, -0.2) is 4.21 Å². The molecule has 0 N–H and O–H groups in total. The van der Waals surface area contributed by atoms with Gasteiger partial charge in [0.2, 0.25) is 0 Å². The summed E-state index contributed by atoms with van der Waals surface area (Å²) in [7, 11) is -1.38. The summed E-state index contributed by atoms with van der Waals surface area (Å²) >= 11 is 0. The Labute approximate surface area is 212 Å². The first-order valence-electron chi connectivity index (χ1n) is 11.7. The predicted octanol–water partition coefficient (Wildman–Crippen LogP) is 6.35. The summed E-state index contributed by atoms with van der Waals surface area (Å²) in [6.07, 6.45) is 0. The number of ether oxygens (including phenoxy) is 2. The second kappa shape index (κ2) is 9.68. The number of hydrogen-bond acceptors (Lipinski definition) is 3. The molecule has 3 nitrogen and oxygen atoms in total. The summed E-state index contributed by atoms with van der Waals surface area (Å²) in [6, 6.07) is 42.9. The molecule has 0 aromatic heterocycles. The molecule has 0 atom stereocenters. The topological polar surface area (TPSA) is 35.5 Å². The van der Waals surface area contributed by atoms with Crippen molar-refractivity contribution in [2.24, 2.45) is 0 Å². The molecule has 174 valence electrons. The van der Waals surface area contributed by atoms with Gasteiger partial charge >= 0.3 is 0 Å². The van der Waals surface area contributed by atoms with Gasteiger partial charge in [-0.15, -0.1) is 0 Å². The van der Waals surface area contributed by atoms with Gasteiger partial charge in [-0.2, -0.15) is 0 Å². The van der Waals surface area contributed by atoms with Gasteiger partial charge in [-0.3, -0.25) is 0 Å². The van der Waals surface area contributed by atoms with Crippen LogP contribution >= 0.6 is 0 Å². The van der Waals surface area contributed by atoms with Crippen LogP contribution < -0.4 is 19.9 Å². The van der Waals surface area contributed by atoms with Gasteiger partial charge in [0.05, 0.1) is 20.6 Å². The van der Waals surface area contributed by atoms with E-state index < -0.39 is 10.8 Å². The molecule has 0 bridgehead atoms. The van der Waals surface area contributed by atoms with E-state index in [-0.39, 0.29) is 0 Å². The third-order valence-corrected chi connectivity index (χ3v) is 7.61. The minimum absolute atomic E-state index is 0.559. The van der Waals surface area contributed by atoms with E-state index in [0.717, 1.165) is 31.4 Å². The lowest BCUT2D eigenvalue weighted by Gasteiger charge is -2.13. The quantitative estimate of drug-likeness (QED) is 0.281. The molecule has 5 aromatic rings. The summed E-state index contributed by atoms with van der Waals surface area (Å²) in [4.78, 5) is 1.54. The van der Waals surface area contributed by atoms with Crippen LogP contribution in [0, 0.1) is 0 Å². The highest BCUT2D eigenvalue weighted by molar-refractivity contribution is 8.03. The van der Waals surface area contributed by atoms with Crippen LogP contribution in [-0.4, -0.2) is 4.21 Å². The molecule has 0 radical (unpaired) electrons. The normalized spacial score (nSPS) is 12.9. The van der Waals surface area contributed by atoms with E-state index in [0.29, 0.717) is 23.0 Å². The Kier molecular flexibility index (Phi) is 5.94. The molecule has 0 amide bonds. The van der Waals surface area contributed by atoms with Gasteiger partial charge in [-0.1, -0.05) is 97.1 Å². The highest BCUT2D eigenvalue weighted by Crippen LogP contribution is 2.35. The minimum atomic E-state index is -1.38. The van der Waals surface area contributed by atoms with Gasteiger partial charge in [0, 0.05) is 10.4 Å². The van der Waals surface area contributed by atoms with Gasteiger partial charge in [-0.05, 0) is 47.5 Å². The number of fused-ring (bicyclic) bond motifs is 1. The maximum absolute atomic E-state index is 14.1. The van der Waals surface area contributed by atoms with Crippen LogP contribution in [0.1, 0.15) is 11.1 Å². The molecule has 0 unspecified atom stereocenters. The van der Waals surface area contributed by atoms with Crippen LogP contribution in [0.25, 0.3) is 9.81 Å². The SMILES string of the molecule is O=S1C(c2ccccc2)=c2cc(Oc3ccccc3)c(Oc3ccccc3)cc2=C1c1ccccc1. The van der Waals surface area contributed by atoms with Crippen molar-refractivity contribution in [3.05, 3.63) is 155 Å². The summed E-state index contributed by atoms with van der Waals surface area (Å²) < 4.78 is 26.7. The zero-order valence-electron chi connectivity index (χ0n) is 19.3. The van der Waals surface area contributed by atoms with E-state index in [1.165, 1.54) is 0 Å². The van der Waals surface area contributed by atoms with Crippen molar-refractivity contribution in [2.75, 3.05) is 0 Å². The smallest absolute Gasteiger partial charge is 0.170 e. The van der Waals surface area contributed by atoms with Crippen LogP contribution in [0.15, 0.2) is 133 Å². The molecule has 1 aliphatic heterocycles. The van der Waals surface area contributed by atoms with Crippen molar-refractivity contribution in [1.29, 1.82) is 0 Å². The largest absolute Gasteiger partial charge is 0.453 e. The first kappa shape index (κ1) is 22.1. The average Bonchev–Trinajstić information content (AvgIpc) is 3.21. The second-order valence-corrected chi connectivity index (χ2v) is 9.69. The van der Waals surface area contributed by atoms with Crippen molar-refractivity contribution in [1.82, 2.24) is 0 Å². The van der Waals surface area contributed by atoms with Gasteiger partial charge in [0.15, 0.2) is 11.5 Å². The monoisotopic (exact) mass is 486 g/mol. The molecule has 0 aliphatic carbocycles. The minimum Gasteiger partial charge on any atom is -0.453 e. The lowest BCUT2D eigenvalue weighted by Crippen LogP contribution is -2.25. The Morgan fingerprint density at radius 3 is 1.14 bits per heavy atom. The standard InChI is InChI=1S/C32H22O3S/c33-36-31(23-13-5-1-6-14-23)27-21-29(34-25-17-9-3-10-18-25)30(35-26-19-11-4-12-20-26)22-28(27)32(36)24-15-7-2-8-16-24/h1-22H. The average molecular weight is 487 g/mol. The lowest BCUT2D eigenvalue weighted by molar-refractivity contribution is 0.418. The Morgan fingerprint density at radius 1 is 0.444 bits per heavy atom. The number of hydrogen-bond donors (Lipinski definition) is 0. The summed E-state index contributed by atoms with van der Waals surface area (Å²) in [6.45, 7) is 0. The zero-order valence-corrected chi connectivity index (χ0v) is 20.2. The number of benzene rings is 5. The molecule has 6 rings (SSSR count). The molecule has 1 aliphatic rings. The van der Waals surface area contributed by atoms with Crippen molar-refractivity contribution in [3.63, 3.8) is 0 Å². The Bertz CT molecular complexity index is 1540. The van der Waals surface area contributed by atoms with E-state index in [1.807, 2.05) is 133 Å². The van der Waals surface area contributed by atoms with Crippen LogP contribution in [-0.2, 0) is 10.8 Å². The van der Waals surface area contributed by atoms with E-state index in [1.54, 1.807) is 0 Å². The van der Waals surface area contributed by atoms with Crippen molar-refractivity contribution >= 4 is 20.6 Å². The molecule has 0 saturated heterocycles. The zero-order chi connectivity index (χ0) is 24.3. The third-order valence-electron chi connectivity index (χ3n) is 5.96. The first-order valence-corrected chi connectivity index (χ1v) is 12.8. The molecule has 5 aromatic carbocycles. The maximum Gasteiger partial charge on any atom is 0.170 e. The fraction of sp³-hybridized carbons (Fsp3) is 0. The number of para-hydroxylation sites is 2. The Balaban J connectivity index is 1.64. The van der Waals surface area contributed by atoms with Crippen molar-refractivity contribution < 1.29 is 13.7 Å². The van der Waals surface area contributed by atoms with Crippen molar-refractivity contribution in [3.8, 4) is 23.0 Å². The predicted molar refractivity (Wildman–Crippen MR) is 145 cm³/mol. The first-order chi connectivity index (χ1) is 17.8. The molecule has 1 heterocycles. The van der Waals surface area contributed by atoms with Gasteiger partial charge in [0.25, 0.3) is 0 Å². The third kappa shape index (κ3) is 4.23. The lowest BCUT2D eigenvalue weighted by atomic mass is 10.1. The molecule has 36 heavy (non-hydrogen) atoms. The summed E-state index contributed by atoms with van der Waals surface area (Å²) in [5.74, 6) is 2.51. The Hall–Kier alpha value is -4.41. The van der Waals surface area contributed by atoms with Crippen LogP contribution in [0.4, 0.5) is 0 Å². The molecular weight excluding hydrogens is 464 g/mol. The Morgan fingerprint density at radius 2 is 0.778 bits per heavy atom. The molecule has 0 fully saturated rings. The molecule has 4 heteroatoms. The van der Waals surface area contributed by atoms with Gasteiger partial charge in [0.1, 0.15) is 11.5 Å². The maximum atomic E-state index is 14.1. The second-order valence-electron chi connectivity index (χ2n) is 8.33.